The van der Waals surface area contributed by atoms with Gasteiger partial charge in [0.15, 0.2) is 5.82 Å². The van der Waals surface area contributed by atoms with Gasteiger partial charge in [-0.05, 0) is 69.1 Å². The number of allylic oxidation sites excluding steroid dienone is 5. The predicted molar refractivity (Wildman–Crippen MR) is 142 cm³/mol. The van der Waals surface area contributed by atoms with E-state index < -0.39 is 0 Å². The van der Waals surface area contributed by atoms with E-state index in [1.165, 1.54) is 0 Å². The summed E-state index contributed by atoms with van der Waals surface area (Å²) in [6.45, 7) is 3.44. The van der Waals surface area contributed by atoms with Crippen molar-refractivity contribution in [1.29, 1.82) is 10.7 Å². The molecule has 0 unspecified atom stereocenters. The molecule has 1 aromatic heterocycles. The van der Waals surface area contributed by atoms with E-state index in [0.29, 0.717) is 22.5 Å². The minimum Gasteiger partial charge on any atom is -0.391 e. The highest BCUT2D eigenvalue weighted by Gasteiger charge is 2.39. The predicted octanol–water partition coefficient (Wildman–Crippen LogP) is 4.39. The Hall–Kier alpha value is -3.38. The fourth-order valence-electron chi connectivity index (χ4n) is 5.22. The van der Waals surface area contributed by atoms with Gasteiger partial charge < -0.3 is 26.3 Å². The average Bonchev–Trinajstić information content (AvgIpc) is 2.88. The SMILES string of the molecule is CN/C(C)=C1/C=CC(Nc2ncc(Cl)c(NC3CCC4(CC3)CCN(C(=O)CC#N)CC4)n2)=CC1=N. The maximum Gasteiger partial charge on any atom is 0.236 e. The minimum atomic E-state index is -0.0492. The Balaban J connectivity index is 1.33. The fourth-order valence-corrected chi connectivity index (χ4v) is 5.36. The van der Waals surface area contributed by atoms with Crippen LogP contribution in [0.15, 0.2) is 41.4 Å². The highest BCUT2D eigenvalue weighted by Crippen LogP contribution is 2.45. The number of likely N-dealkylation sites (tertiary alicyclic amines) is 1. The van der Waals surface area contributed by atoms with Crippen LogP contribution < -0.4 is 16.0 Å². The van der Waals surface area contributed by atoms with Gasteiger partial charge in [-0.25, -0.2) is 4.98 Å². The van der Waals surface area contributed by atoms with E-state index in [0.717, 1.165) is 68.6 Å². The number of carbonyl (C=O) groups excluding carboxylic acids is 1. The minimum absolute atomic E-state index is 0.0280. The molecule has 10 heteroatoms. The molecule has 2 heterocycles. The molecule has 1 aromatic rings. The molecule has 9 nitrogen and oxygen atoms in total. The molecule has 0 bridgehead atoms. The summed E-state index contributed by atoms with van der Waals surface area (Å²) in [4.78, 5) is 22.8. The molecule has 4 rings (SSSR count). The molecule has 190 valence electrons. The summed E-state index contributed by atoms with van der Waals surface area (Å²) in [7, 11) is 1.84. The summed E-state index contributed by atoms with van der Waals surface area (Å²) in [6.07, 6.45) is 13.3. The molecular weight excluding hydrogens is 476 g/mol. The van der Waals surface area contributed by atoms with Gasteiger partial charge in [0.2, 0.25) is 11.9 Å². The number of hydrogen-bond donors (Lipinski definition) is 4. The highest BCUT2D eigenvalue weighted by atomic mass is 35.5. The molecule has 1 spiro atoms. The standard InChI is InChI=1S/C26H33ClN8O/c1-17(30-2)20-4-3-19(15-22(20)29)33-25-31-16-21(27)24(34-25)32-18-5-8-26(9-6-18)10-13-35(14-11-26)23(36)7-12-28/h3-4,15-16,18,29-30H,5-11,13-14H2,1-2H3,(H2,31,32,33,34)/b20-17-,29-22?. The Morgan fingerprint density at radius 1 is 1.28 bits per heavy atom. The first-order valence-electron chi connectivity index (χ1n) is 12.4. The van der Waals surface area contributed by atoms with Gasteiger partial charge >= 0.3 is 0 Å². The number of piperidine rings is 1. The Labute approximate surface area is 217 Å². The van der Waals surface area contributed by atoms with Crippen LogP contribution in [0.25, 0.3) is 0 Å². The Morgan fingerprint density at radius 3 is 2.64 bits per heavy atom. The molecule has 1 saturated carbocycles. The first-order valence-corrected chi connectivity index (χ1v) is 12.8. The Bertz CT molecular complexity index is 1150. The quantitative estimate of drug-likeness (QED) is 0.448. The number of nitrogens with zero attached hydrogens (tertiary/aromatic N) is 4. The van der Waals surface area contributed by atoms with Gasteiger partial charge in [-0.2, -0.15) is 10.2 Å². The first kappa shape index (κ1) is 25.7. The van der Waals surface area contributed by atoms with Crippen molar-refractivity contribution in [2.24, 2.45) is 5.41 Å². The van der Waals surface area contributed by atoms with Crippen molar-refractivity contribution in [1.82, 2.24) is 20.2 Å². The van der Waals surface area contributed by atoms with Crippen molar-refractivity contribution < 1.29 is 4.79 Å². The summed E-state index contributed by atoms with van der Waals surface area (Å²) in [5.74, 6) is 0.978. The molecule has 4 N–H and O–H groups in total. The van der Waals surface area contributed by atoms with Crippen LogP contribution in [0.4, 0.5) is 11.8 Å². The molecule has 1 saturated heterocycles. The van der Waals surface area contributed by atoms with Crippen LogP contribution in [0.5, 0.6) is 0 Å². The third-order valence-corrected chi connectivity index (χ3v) is 7.87. The average molecular weight is 509 g/mol. The Kier molecular flexibility index (Phi) is 7.94. The summed E-state index contributed by atoms with van der Waals surface area (Å²) in [5, 5.41) is 27.3. The number of halogens is 1. The smallest absolute Gasteiger partial charge is 0.236 e. The maximum atomic E-state index is 12.0. The normalized spacial score (nSPS) is 21.0. The van der Waals surface area contributed by atoms with E-state index in [1.54, 1.807) is 12.3 Å². The van der Waals surface area contributed by atoms with Gasteiger partial charge in [-0.15, -0.1) is 0 Å². The summed E-state index contributed by atoms with van der Waals surface area (Å²) >= 11 is 6.41. The van der Waals surface area contributed by atoms with E-state index in [4.69, 9.17) is 22.3 Å². The molecular formula is C26H33ClN8O. The van der Waals surface area contributed by atoms with E-state index >= 15 is 0 Å². The molecule has 2 fully saturated rings. The number of aromatic nitrogens is 2. The summed E-state index contributed by atoms with van der Waals surface area (Å²) in [5.41, 5.74) is 3.22. The van der Waals surface area contributed by atoms with Crippen molar-refractivity contribution in [2.75, 3.05) is 30.8 Å². The second kappa shape index (κ2) is 11.1. The lowest BCUT2D eigenvalue weighted by Gasteiger charge is -2.46. The molecule has 1 aliphatic heterocycles. The third kappa shape index (κ3) is 5.88. The van der Waals surface area contributed by atoms with Crippen molar-refractivity contribution in [3.63, 3.8) is 0 Å². The third-order valence-electron chi connectivity index (χ3n) is 7.59. The molecule has 0 atom stereocenters. The molecule has 36 heavy (non-hydrogen) atoms. The number of amides is 1. The lowest BCUT2D eigenvalue weighted by molar-refractivity contribution is -0.132. The second-order valence-electron chi connectivity index (χ2n) is 9.78. The number of nitrogens with one attached hydrogen (secondary N) is 4. The van der Waals surface area contributed by atoms with Crippen molar-refractivity contribution in [3.05, 3.63) is 46.4 Å². The van der Waals surface area contributed by atoms with Gasteiger partial charge in [0.1, 0.15) is 11.4 Å². The van der Waals surface area contributed by atoms with E-state index in [2.05, 4.69) is 25.9 Å². The van der Waals surface area contributed by atoms with E-state index in [9.17, 15) is 4.79 Å². The number of nitriles is 1. The largest absolute Gasteiger partial charge is 0.391 e. The van der Waals surface area contributed by atoms with Crippen molar-refractivity contribution >= 4 is 35.0 Å². The molecule has 0 radical (unpaired) electrons. The summed E-state index contributed by atoms with van der Waals surface area (Å²) < 4.78 is 0. The molecule has 0 aromatic carbocycles. The van der Waals surface area contributed by atoms with Gasteiger partial charge in [-0.1, -0.05) is 11.6 Å². The van der Waals surface area contributed by atoms with E-state index in [-0.39, 0.29) is 23.8 Å². The summed E-state index contributed by atoms with van der Waals surface area (Å²) in [6, 6.07) is 2.23. The van der Waals surface area contributed by atoms with Gasteiger partial charge in [0, 0.05) is 43.1 Å². The van der Waals surface area contributed by atoms with Gasteiger partial charge in [0.05, 0.1) is 18.0 Å². The topological polar surface area (TPSA) is 130 Å². The molecule has 1 amide bonds. The number of carbonyl (C=O) groups is 1. The lowest BCUT2D eigenvalue weighted by Crippen LogP contribution is -2.45. The van der Waals surface area contributed by atoms with Crippen LogP contribution in [0.3, 0.4) is 0 Å². The van der Waals surface area contributed by atoms with Crippen LogP contribution >= 0.6 is 11.6 Å². The Morgan fingerprint density at radius 2 is 2.00 bits per heavy atom. The lowest BCUT2D eigenvalue weighted by atomic mass is 9.67. The van der Waals surface area contributed by atoms with Crippen LogP contribution in [0, 0.1) is 22.2 Å². The monoisotopic (exact) mass is 508 g/mol. The zero-order valence-electron chi connectivity index (χ0n) is 20.8. The van der Waals surface area contributed by atoms with Crippen LogP contribution in [-0.4, -0.2) is 52.7 Å². The zero-order chi connectivity index (χ0) is 25.7. The highest BCUT2D eigenvalue weighted by molar-refractivity contribution is 6.32. The van der Waals surface area contributed by atoms with Crippen molar-refractivity contribution in [2.45, 2.75) is 57.9 Å². The van der Waals surface area contributed by atoms with E-state index in [1.807, 2.05) is 37.1 Å². The second-order valence-corrected chi connectivity index (χ2v) is 10.2. The fraction of sp³-hybridized carbons (Fsp3) is 0.500. The number of hydrogen-bond acceptors (Lipinski definition) is 8. The number of anilines is 2. The zero-order valence-corrected chi connectivity index (χ0v) is 21.6. The maximum absolute atomic E-state index is 12.0. The van der Waals surface area contributed by atoms with Gasteiger partial charge in [0.25, 0.3) is 0 Å². The van der Waals surface area contributed by atoms with Crippen molar-refractivity contribution in [3.8, 4) is 6.07 Å². The molecule has 2 aliphatic carbocycles. The van der Waals surface area contributed by atoms with Crippen LogP contribution in [0.1, 0.15) is 51.9 Å². The van der Waals surface area contributed by atoms with Crippen LogP contribution in [-0.2, 0) is 4.79 Å². The molecule has 3 aliphatic rings. The van der Waals surface area contributed by atoms with Crippen LogP contribution in [0.2, 0.25) is 5.02 Å². The van der Waals surface area contributed by atoms with Gasteiger partial charge in [-0.3, -0.25) is 4.79 Å². The first-order chi connectivity index (χ1) is 17.3. The number of rotatable bonds is 6.